The summed E-state index contributed by atoms with van der Waals surface area (Å²) in [6, 6.07) is 14.7. The average molecular weight is 412 g/mol. The van der Waals surface area contributed by atoms with Crippen molar-refractivity contribution < 1.29 is 14.3 Å². The Morgan fingerprint density at radius 1 is 1.10 bits per heavy atom. The van der Waals surface area contributed by atoms with Gasteiger partial charge in [0.15, 0.2) is 6.10 Å². The lowest BCUT2D eigenvalue weighted by Gasteiger charge is -2.15. The number of carbonyl (C=O) groups is 2. The van der Waals surface area contributed by atoms with Crippen LogP contribution >= 0.6 is 11.6 Å². The molecule has 1 aromatic heterocycles. The first-order valence-electron chi connectivity index (χ1n) is 9.17. The predicted octanol–water partition coefficient (Wildman–Crippen LogP) is 4.63. The van der Waals surface area contributed by atoms with Crippen LogP contribution in [0.1, 0.15) is 34.2 Å². The number of halogens is 1. The van der Waals surface area contributed by atoms with E-state index in [0.717, 1.165) is 11.3 Å². The second-order valence-corrected chi connectivity index (χ2v) is 7.23. The fourth-order valence-electron chi connectivity index (χ4n) is 2.99. The number of hydrogen-bond acceptors (Lipinski definition) is 4. The zero-order chi connectivity index (χ0) is 21.1. The molecular weight excluding hydrogens is 390 g/mol. The van der Waals surface area contributed by atoms with Crippen LogP contribution in [-0.2, 0) is 9.53 Å². The fraction of sp³-hybridized carbons (Fsp3) is 0.227. The van der Waals surface area contributed by atoms with Gasteiger partial charge in [-0.05, 0) is 57.5 Å². The molecule has 3 rings (SSSR count). The molecule has 0 aliphatic rings. The Labute approximate surface area is 174 Å². The minimum absolute atomic E-state index is 0.354. The smallest absolute Gasteiger partial charge is 0.342 e. The van der Waals surface area contributed by atoms with Crippen LogP contribution in [0.3, 0.4) is 0 Å². The predicted molar refractivity (Wildman–Crippen MR) is 113 cm³/mol. The summed E-state index contributed by atoms with van der Waals surface area (Å²) in [4.78, 5) is 25.2. The van der Waals surface area contributed by atoms with Crippen molar-refractivity contribution in [3.63, 3.8) is 0 Å². The van der Waals surface area contributed by atoms with Crippen LogP contribution in [-0.4, -0.2) is 27.8 Å². The number of nitrogens with zero attached hydrogens (tertiary/aromatic N) is 2. The lowest BCUT2D eigenvalue weighted by molar-refractivity contribution is -0.123. The van der Waals surface area contributed by atoms with E-state index in [4.69, 9.17) is 16.3 Å². The highest BCUT2D eigenvalue weighted by molar-refractivity contribution is 6.31. The molecule has 0 spiro atoms. The second-order valence-electron chi connectivity index (χ2n) is 6.79. The van der Waals surface area contributed by atoms with Gasteiger partial charge in [0, 0.05) is 10.7 Å². The molecule has 0 saturated heterocycles. The molecule has 7 heteroatoms. The van der Waals surface area contributed by atoms with Gasteiger partial charge in [-0.3, -0.25) is 4.79 Å². The molecule has 1 heterocycles. The van der Waals surface area contributed by atoms with Gasteiger partial charge in [0.25, 0.3) is 5.91 Å². The van der Waals surface area contributed by atoms with Gasteiger partial charge in [0.05, 0.1) is 17.1 Å². The van der Waals surface area contributed by atoms with Gasteiger partial charge in [-0.15, -0.1) is 0 Å². The Kier molecular flexibility index (Phi) is 6.03. The first-order chi connectivity index (χ1) is 13.8. The highest BCUT2D eigenvalue weighted by atomic mass is 35.5. The summed E-state index contributed by atoms with van der Waals surface area (Å²) in [5, 5.41) is 7.70. The maximum absolute atomic E-state index is 12.7. The van der Waals surface area contributed by atoms with Gasteiger partial charge < -0.3 is 10.1 Å². The molecule has 29 heavy (non-hydrogen) atoms. The normalized spacial score (nSPS) is 11.8. The Morgan fingerprint density at radius 3 is 2.48 bits per heavy atom. The Balaban J connectivity index is 1.75. The lowest BCUT2D eigenvalue weighted by Crippen LogP contribution is -2.30. The van der Waals surface area contributed by atoms with Gasteiger partial charge in [-0.2, -0.15) is 5.10 Å². The molecule has 0 aliphatic carbocycles. The highest BCUT2D eigenvalue weighted by Crippen LogP contribution is 2.22. The summed E-state index contributed by atoms with van der Waals surface area (Å²) in [6.07, 6.45) is -0.986. The fourth-order valence-corrected chi connectivity index (χ4v) is 3.17. The van der Waals surface area contributed by atoms with E-state index < -0.39 is 18.0 Å². The van der Waals surface area contributed by atoms with E-state index in [1.165, 1.54) is 6.92 Å². The number of benzene rings is 2. The van der Waals surface area contributed by atoms with Crippen LogP contribution in [0.5, 0.6) is 0 Å². The molecule has 0 saturated carbocycles. The van der Waals surface area contributed by atoms with E-state index in [-0.39, 0.29) is 0 Å². The zero-order valence-electron chi connectivity index (χ0n) is 16.7. The quantitative estimate of drug-likeness (QED) is 0.621. The summed E-state index contributed by atoms with van der Waals surface area (Å²) in [7, 11) is 0. The largest absolute Gasteiger partial charge is 0.449 e. The molecule has 0 bridgehead atoms. The zero-order valence-corrected chi connectivity index (χ0v) is 17.4. The number of hydrogen-bond donors (Lipinski definition) is 1. The summed E-state index contributed by atoms with van der Waals surface area (Å²) < 4.78 is 7.10. The molecule has 1 amide bonds. The number of nitrogens with one attached hydrogen (secondary N) is 1. The molecule has 1 N–H and O–H groups in total. The molecule has 0 radical (unpaired) electrons. The van der Waals surface area contributed by atoms with Crippen molar-refractivity contribution in [3.8, 4) is 5.69 Å². The van der Waals surface area contributed by atoms with E-state index in [2.05, 4.69) is 10.4 Å². The Morgan fingerprint density at radius 2 is 1.79 bits per heavy atom. The summed E-state index contributed by atoms with van der Waals surface area (Å²) >= 11 is 5.99. The summed E-state index contributed by atoms with van der Waals surface area (Å²) in [5.74, 6) is -1.03. The monoisotopic (exact) mass is 411 g/mol. The van der Waals surface area contributed by atoms with E-state index in [1.807, 2.05) is 37.3 Å². The van der Waals surface area contributed by atoms with E-state index in [9.17, 15) is 9.59 Å². The van der Waals surface area contributed by atoms with Gasteiger partial charge >= 0.3 is 5.97 Å². The molecule has 2 aromatic carbocycles. The number of para-hydroxylation sites is 1. The SMILES string of the molecule is Cc1ccc(Cl)cc1NC(=O)[C@H](C)OC(=O)c1c(C)nn(-c2ccccc2)c1C. The second kappa shape index (κ2) is 8.49. The highest BCUT2D eigenvalue weighted by Gasteiger charge is 2.25. The molecule has 150 valence electrons. The van der Waals surface area contributed by atoms with Crippen molar-refractivity contribution in [2.75, 3.05) is 5.32 Å². The summed E-state index contributed by atoms with van der Waals surface area (Å²) in [6.45, 7) is 6.92. The van der Waals surface area contributed by atoms with Gasteiger partial charge in [-0.1, -0.05) is 35.9 Å². The van der Waals surface area contributed by atoms with Crippen molar-refractivity contribution in [1.82, 2.24) is 9.78 Å². The minimum Gasteiger partial charge on any atom is -0.449 e. The number of ether oxygens (including phenoxy) is 1. The molecule has 6 nitrogen and oxygen atoms in total. The van der Waals surface area contributed by atoms with Crippen LogP contribution in [0.2, 0.25) is 5.02 Å². The number of amides is 1. The third-order valence-electron chi connectivity index (χ3n) is 4.61. The number of esters is 1. The van der Waals surface area contributed by atoms with Gasteiger partial charge in [-0.25, -0.2) is 9.48 Å². The minimum atomic E-state index is -0.986. The van der Waals surface area contributed by atoms with E-state index in [0.29, 0.717) is 27.7 Å². The van der Waals surface area contributed by atoms with Gasteiger partial charge in [0.1, 0.15) is 5.56 Å². The molecule has 0 unspecified atom stereocenters. The van der Waals surface area contributed by atoms with E-state index in [1.54, 1.807) is 36.7 Å². The van der Waals surface area contributed by atoms with E-state index >= 15 is 0 Å². The first kappa shape index (κ1) is 20.6. The third-order valence-corrected chi connectivity index (χ3v) is 4.84. The average Bonchev–Trinajstić information content (AvgIpc) is 2.99. The van der Waals surface area contributed by atoms with Crippen molar-refractivity contribution >= 4 is 29.2 Å². The molecule has 3 aromatic rings. The summed E-state index contributed by atoms with van der Waals surface area (Å²) in [5.41, 5.74) is 3.82. The van der Waals surface area contributed by atoms with Crippen molar-refractivity contribution in [3.05, 3.63) is 76.1 Å². The Hall–Kier alpha value is -3.12. The molecule has 0 fully saturated rings. The van der Waals surface area contributed by atoms with Crippen LogP contribution in [0.25, 0.3) is 5.69 Å². The van der Waals surface area contributed by atoms with Crippen LogP contribution in [0, 0.1) is 20.8 Å². The standard InChI is InChI=1S/C22H22ClN3O3/c1-13-10-11-17(23)12-19(13)24-21(27)16(4)29-22(28)20-14(2)25-26(15(20)3)18-8-6-5-7-9-18/h5-12,16H,1-4H3,(H,24,27)/t16-/m0/s1. The number of aromatic nitrogens is 2. The van der Waals surface area contributed by atoms with Crippen molar-refractivity contribution in [2.45, 2.75) is 33.8 Å². The van der Waals surface area contributed by atoms with Gasteiger partial charge in [0.2, 0.25) is 0 Å². The lowest BCUT2D eigenvalue weighted by atomic mass is 10.2. The first-order valence-corrected chi connectivity index (χ1v) is 9.55. The maximum Gasteiger partial charge on any atom is 0.342 e. The third kappa shape index (κ3) is 4.49. The number of rotatable bonds is 5. The molecular formula is C22H22ClN3O3. The van der Waals surface area contributed by atoms with Crippen molar-refractivity contribution in [1.29, 1.82) is 0 Å². The van der Waals surface area contributed by atoms with Crippen LogP contribution in [0.15, 0.2) is 48.5 Å². The molecule has 1 atom stereocenters. The van der Waals surface area contributed by atoms with Crippen molar-refractivity contribution in [2.24, 2.45) is 0 Å². The Bertz CT molecular complexity index is 1060. The van der Waals surface area contributed by atoms with Crippen LogP contribution in [0.4, 0.5) is 5.69 Å². The number of carbonyl (C=O) groups excluding carboxylic acids is 2. The molecule has 0 aliphatic heterocycles. The van der Waals surface area contributed by atoms with Crippen LogP contribution < -0.4 is 5.32 Å². The number of aryl methyl sites for hydroxylation is 2. The maximum atomic E-state index is 12.7. The topological polar surface area (TPSA) is 73.2 Å². The number of anilines is 1.